The Hall–Kier alpha value is -3.11. The van der Waals surface area contributed by atoms with Gasteiger partial charge in [-0.25, -0.2) is 10.2 Å². The maximum atomic E-state index is 12.7. The van der Waals surface area contributed by atoms with Crippen LogP contribution in [0.25, 0.3) is 0 Å². The number of carbonyl (C=O) groups is 3. The minimum atomic E-state index is -0.810. The Balaban J connectivity index is 2.10. The van der Waals surface area contributed by atoms with Gasteiger partial charge in [0, 0.05) is 10.6 Å². The van der Waals surface area contributed by atoms with E-state index in [0.29, 0.717) is 38.7 Å². The summed E-state index contributed by atoms with van der Waals surface area (Å²) in [5, 5.41) is 7.24. The molecule has 2 aromatic carbocycles. The van der Waals surface area contributed by atoms with Crippen molar-refractivity contribution in [3.8, 4) is 11.5 Å². The summed E-state index contributed by atoms with van der Waals surface area (Å²) in [5.41, 5.74) is 3.44. The lowest BCUT2D eigenvalue weighted by atomic mass is 10.0. The number of carbonyl (C=O) groups excluding carboxylic acids is 3. The van der Waals surface area contributed by atoms with Gasteiger partial charge in [0.05, 0.1) is 24.4 Å². The Morgan fingerprint density at radius 2 is 1.83 bits per heavy atom. The molecule has 0 saturated carbocycles. The summed E-state index contributed by atoms with van der Waals surface area (Å²) < 4.78 is 16.2. The van der Waals surface area contributed by atoms with Gasteiger partial charge in [0.25, 0.3) is 11.8 Å². The van der Waals surface area contributed by atoms with E-state index in [-0.39, 0.29) is 12.5 Å². The van der Waals surface area contributed by atoms with Crippen LogP contribution < -0.4 is 20.2 Å². The Morgan fingerprint density at radius 3 is 2.43 bits per heavy atom. The first-order valence-corrected chi connectivity index (χ1v) is 11.9. The van der Waals surface area contributed by atoms with Crippen LogP contribution in [0.1, 0.15) is 36.7 Å². The minimum Gasteiger partial charge on any atom is -0.490 e. The van der Waals surface area contributed by atoms with Crippen molar-refractivity contribution in [1.82, 2.24) is 10.7 Å². The van der Waals surface area contributed by atoms with Gasteiger partial charge in [0.1, 0.15) is 6.04 Å². The molecule has 0 radical (unpaired) electrons. The third-order valence-corrected chi connectivity index (χ3v) is 5.47. The topological polar surface area (TPSA) is 115 Å². The average molecular weight is 569 g/mol. The van der Waals surface area contributed by atoms with Crippen LogP contribution in [-0.4, -0.2) is 50.4 Å². The molecule has 0 aliphatic carbocycles. The van der Waals surface area contributed by atoms with E-state index in [9.17, 15) is 14.4 Å². The minimum absolute atomic E-state index is 0.189. The molecule has 2 amide bonds. The summed E-state index contributed by atoms with van der Waals surface area (Å²) in [7, 11) is 1.27. The van der Waals surface area contributed by atoms with Crippen molar-refractivity contribution in [2.24, 2.45) is 11.0 Å². The van der Waals surface area contributed by atoms with Gasteiger partial charge in [-0.15, -0.1) is 0 Å². The third kappa shape index (κ3) is 8.56. The van der Waals surface area contributed by atoms with E-state index in [1.54, 1.807) is 36.4 Å². The first kappa shape index (κ1) is 28.1. The monoisotopic (exact) mass is 567 g/mol. The van der Waals surface area contributed by atoms with E-state index in [4.69, 9.17) is 21.1 Å². The quantitative estimate of drug-likeness (QED) is 0.241. The molecule has 188 valence electrons. The number of methoxy groups -OCH3 is 1. The number of rotatable bonds is 11. The number of esters is 1. The van der Waals surface area contributed by atoms with Crippen LogP contribution in [0.3, 0.4) is 0 Å². The van der Waals surface area contributed by atoms with Gasteiger partial charge in [0.2, 0.25) is 0 Å². The van der Waals surface area contributed by atoms with Crippen LogP contribution in [0, 0.1) is 5.92 Å². The lowest BCUT2D eigenvalue weighted by Crippen LogP contribution is -2.48. The molecule has 0 heterocycles. The highest BCUT2D eigenvalue weighted by Crippen LogP contribution is 2.36. The van der Waals surface area contributed by atoms with Crippen molar-refractivity contribution in [2.45, 2.75) is 26.8 Å². The first-order chi connectivity index (χ1) is 16.7. The van der Waals surface area contributed by atoms with Gasteiger partial charge >= 0.3 is 5.97 Å². The van der Waals surface area contributed by atoms with Crippen LogP contribution >= 0.6 is 27.5 Å². The fourth-order valence-electron chi connectivity index (χ4n) is 2.86. The molecule has 0 aliphatic heterocycles. The maximum Gasteiger partial charge on any atom is 0.343 e. The highest BCUT2D eigenvalue weighted by Gasteiger charge is 2.24. The number of amides is 2. The van der Waals surface area contributed by atoms with Crippen LogP contribution in [0.15, 0.2) is 46.0 Å². The van der Waals surface area contributed by atoms with E-state index >= 15 is 0 Å². The highest BCUT2D eigenvalue weighted by atomic mass is 79.9. The van der Waals surface area contributed by atoms with Crippen LogP contribution in [0.2, 0.25) is 5.02 Å². The maximum absolute atomic E-state index is 12.7. The van der Waals surface area contributed by atoms with Gasteiger partial charge in [-0.1, -0.05) is 25.4 Å². The molecule has 2 rings (SSSR count). The number of nitrogens with zero attached hydrogens (tertiary/aromatic N) is 1. The summed E-state index contributed by atoms with van der Waals surface area (Å²) >= 11 is 9.26. The molecule has 0 saturated heterocycles. The summed E-state index contributed by atoms with van der Waals surface area (Å²) in [5.74, 6) is -0.868. The Morgan fingerprint density at radius 1 is 1.14 bits per heavy atom. The summed E-state index contributed by atoms with van der Waals surface area (Å²) in [4.78, 5) is 36.6. The molecule has 0 aromatic heterocycles. The van der Waals surface area contributed by atoms with Crippen molar-refractivity contribution in [1.29, 1.82) is 0 Å². The predicted molar refractivity (Wildman–Crippen MR) is 136 cm³/mol. The second-order valence-electron chi connectivity index (χ2n) is 7.56. The zero-order valence-electron chi connectivity index (χ0n) is 19.8. The molecule has 35 heavy (non-hydrogen) atoms. The SMILES string of the molecule is CCOc1cc(/C=N/NC(=O)C(NC(=O)c2ccc(Cl)cc2)C(C)C)cc(Br)c1OCC(=O)OC. The van der Waals surface area contributed by atoms with Crippen LogP contribution in [0.5, 0.6) is 11.5 Å². The summed E-state index contributed by atoms with van der Waals surface area (Å²) in [6.45, 7) is 5.52. The standard InChI is InChI=1S/C24H27BrClN3O6/c1-5-34-19-11-15(10-18(25)22(19)35-13-20(30)33-4)12-27-29-24(32)21(14(2)3)28-23(31)16-6-8-17(26)9-7-16/h6-12,14,21H,5,13H2,1-4H3,(H,28,31)(H,29,32)/b27-12+. The Kier molecular flexibility index (Phi) is 11.0. The van der Waals surface area contributed by atoms with Gasteiger partial charge < -0.3 is 19.5 Å². The number of benzene rings is 2. The Labute approximate surface area is 217 Å². The molecular formula is C24H27BrClN3O6. The van der Waals surface area contributed by atoms with Gasteiger partial charge in [-0.05, 0) is 70.7 Å². The third-order valence-electron chi connectivity index (χ3n) is 4.62. The smallest absolute Gasteiger partial charge is 0.343 e. The Bertz CT molecular complexity index is 1080. The van der Waals surface area contributed by atoms with Gasteiger partial charge in [-0.3, -0.25) is 9.59 Å². The molecule has 9 nitrogen and oxygen atoms in total. The van der Waals surface area contributed by atoms with Gasteiger partial charge in [-0.2, -0.15) is 5.10 Å². The summed E-state index contributed by atoms with van der Waals surface area (Å²) in [6, 6.07) is 8.90. The first-order valence-electron chi connectivity index (χ1n) is 10.7. The molecular weight excluding hydrogens is 542 g/mol. The average Bonchev–Trinajstić information content (AvgIpc) is 2.82. The molecule has 0 bridgehead atoms. The van der Waals surface area contributed by atoms with Crippen molar-refractivity contribution in [3.63, 3.8) is 0 Å². The lowest BCUT2D eigenvalue weighted by molar-refractivity contribution is -0.143. The van der Waals surface area contributed by atoms with Crippen molar-refractivity contribution in [3.05, 3.63) is 57.0 Å². The predicted octanol–water partition coefficient (Wildman–Crippen LogP) is 3.96. The van der Waals surface area contributed by atoms with E-state index in [0.717, 1.165) is 0 Å². The van der Waals surface area contributed by atoms with E-state index < -0.39 is 23.8 Å². The molecule has 0 spiro atoms. The number of ether oxygens (including phenoxy) is 3. The number of hydrazone groups is 1. The lowest BCUT2D eigenvalue weighted by Gasteiger charge is -2.20. The van der Waals surface area contributed by atoms with Crippen molar-refractivity contribution in [2.75, 3.05) is 20.3 Å². The van der Waals surface area contributed by atoms with E-state index in [1.165, 1.54) is 13.3 Å². The van der Waals surface area contributed by atoms with E-state index in [1.807, 2.05) is 20.8 Å². The van der Waals surface area contributed by atoms with Crippen LogP contribution in [-0.2, 0) is 14.3 Å². The van der Waals surface area contributed by atoms with Gasteiger partial charge in [0.15, 0.2) is 18.1 Å². The van der Waals surface area contributed by atoms with Crippen molar-refractivity contribution < 1.29 is 28.6 Å². The zero-order valence-corrected chi connectivity index (χ0v) is 22.1. The normalized spacial score (nSPS) is 11.7. The molecule has 0 fully saturated rings. The molecule has 2 aromatic rings. The molecule has 1 atom stereocenters. The fourth-order valence-corrected chi connectivity index (χ4v) is 3.56. The molecule has 2 N–H and O–H groups in total. The molecule has 0 aliphatic rings. The zero-order chi connectivity index (χ0) is 26.0. The fraction of sp³-hybridized carbons (Fsp3) is 0.333. The second kappa shape index (κ2) is 13.7. The largest absolute Gasteiger partial charge is 0.490 e. The number of nitrogens with one attached hydrogen (secondary N) is 2. The second-order valence-corrected chi connectivity index (χ2v) is 8.85. The number of halogens is 2. The van der Waals surface area contributed by atoms with Crippen molar-refractivity contribution >= 4 is 51.5 Å². The molecule has 11 heteroatoms. The van der Waals surface area contributed by atoms with E-state index in [2.05, 4.69) is 36.5 Å². The summed E-state index contributed by atoms with van der Waals surface area (Å²) in [6.07, 6.45) is 1.42. The molecule has 1 unspecified atom stereocenters. The number of hydrogen-bond donors (Lipinski definition) is 2. The number of hydrogen-bond acceptors (Lipinski definition) is 7. The highest BCUT2D eigenvalue weighted by molar-refractivity contribution is 9.10. The van der Waals surface area contributed by atoms with Crippen LogP contribution in [0.4, 0.5) is 0 Å².